The lowest BCUT2D eigenvalue weighted by molar-refractivity contribution is 0.386. The summed E-state index contributed by atoms with van der Waals surface area (Å²) in [5.41, 5.74) is 0.653. The van der Waals surface area contributed by atoms with E-state index in [9.17, 15) is 4.39 Å². The summed E-state index contributed by atoms with van der Waals surface area (Å²) in [6.45, 7) is 3.72. The SMILES string of the molecule is COc1ccc(-c2nc(N3CCCNCC3)n[nH]2)cc1F. The van der Waals surface area contributed by atoms with E-state index in [4.69, 9.17) is 4.74 Å². The first kappa shape index (κ1) is 13.8. The molecule has 0 aliphatic carbocycles. The maximum absolute atomic E-state index is 13.7. The summed E-state index contributed by atoms with van der Waals surface area (Å²) >= 11 is 0. The van der Waals surface area contributed by atoms with Crippen molar-refractivity contribution in [3.63, 3.8) is 0 Å². The van der Waals surface area contributed by atoms with Crippen molar-refractivity contribution in [2.24, 2.45) is 0 Å². The van der Waals surface area contributed by atoms with Crippen LogP contribution in [0.5, 0.6) is 5.75 Å². The number of benzene rings is 1. The molecule has 0 atom stereocenters. The molecular weight excluding hydrogens is 273 g/mol. The number of aromatic nitrogens is 3. The normalized spacial score (nSPS) is 15.8. The van der Waals surface area contributed by atoms with Crippen LogP contribution in [-0.2, 0) is 0 Å². The molecule has 0 amide bonds. The van der Waals surface area contributed by atoms with Crippen molar-refractivity contribution in [2.75, 3.05) is 38.2 Å². The molecule has 1 saturated heterocycles. The Hall–Kier alpha value is -2.15. The summed E-state index contributed by atoms with van der Waals surface area (Å²) in [6, 6.07) is 4.74. The van der Waals surface area contributed by atoms with E-state index in [-0.39, 0.29) is 5.75 Å². The number of nitrogens with one attached hydrogen (secondary N) is 2. The summed E-state index contributed by atoms with van der Waals surface area (Å²) in [5, 5.41) is 10.4. The van der Waals surface area contributed by atoms with Crippen LogP contribution in [0.15, 0.2) is 18.2 Å². The minimum atomic E-state index is -0.410. The predicted octanol–water partition coefficient (Wildman–Crippen LogP) is 1.42. The highest BCUT2D eigenvalue weighted by Crippen LogP contribution is 2.24. The number of ether oxygens (including phenoxy) is 1. The van der Waals surface area contributed by atoms with E-state index < -0.39 is 5.82 Å². The van der Waals surface area contributed by atoms with E-state index in [0.29, 0.717) is 17.3 Å². The number of aromatic amines is 1. The van der Waals surface area contributed by atoms with E-state index in [1.807, 2.05) is 0 Å². The van der Waals surface area contributed by atoms with Gasteiger partial charge in [0.05, 0.1) is 7.11 Å². The topological polar surface area (TPSA) is 66.1 Å². The lowest BCUT2D eigenvalue weighted by atomic mass is 10.2. The number of hydrogen-bond donors (Lipinski definition) is 2. The molecule has 1 aliphatic heterocycles. The molecule has 0 bridgehead atoms. The number of nitrogens with zero attached hydrogens (tertiary/aromatic N) is 3. The Morgan fingerprint density at radius 1 is 1.29 bits per heavy atom. The molecular formula is C14H18FN5O. The van der Waals surface area contributed by atoms with Crippen molar-refractivity contribution in [3.05, 3.63) is 24.0 Å². The van der Waals surface area contributed by atoms with Crippen LogP contribution < -0.4 is 15.0 Å². The zero-order chi connectivity index (χ0) is 14.7. The third kappa shape index (κ3) is 2.97. The number of anilines is 1. The summed E-state index contributed by atoms with van der Waals surface area (Å²) in [4.78, 5) is 6.59. The number of hydrogen-bond acceptors (Lipinski definition) is 5. The van der Waals surface area contributed by atoms with Crippen LogP contribution in [0.25, 0.3) is 11.4 Å². The first-order chi connectivity index (χ1) is 10.3. The molecule has 2 N–H and O–H groups in total. The van der Waals surface area contributed by atoms with Crippen molar-refractivity contribution in [1.82, 2.24) is 20.5 Å². The molecule has 6 nitrogen and oxygen atoms in total. The molecule has 112 valence electrons. The van der Waals surface area contributed by atoms with Crippen LogP contribution in [0.2, 0.25) is 0 Å². The summed E-state index contributed by atoms with van der Waals surface area (Å²) in [5.74, 6) is 1.03. The van der Waals surface area contributed by atoms with Crippen LogP contribution in [0.1, 0.15) is 6.42 Å². The summed E-state index contributed by atoms with van der Waals surface area (Å²) in [7, 11) is 1.44. The average Bonchev–Trinajstić information content (AvgIpc) is 2.83. The maximum Gasteiger partial charge on any atom is 0.245 e. The predicted molar refractivity (Wildman–Crippen MR) is 78.0 cm³/mol. The Morgan fingerprint density at radius 3 is 3.00 bits per heavy atom. The van der Waals surface area contributed by atoms with Gasteiger partial charge in [0.1, 0.15) is 0 Å². The van der Waals surface area contributed by atoms with Crippen LogP contribution in [0.3, 0.4) is 0 Å². The Morgan fingerprint density at radius 2 is 2.19 bits per heavy atom. The highest BCUT2D eigenvalue weighted by molar-refractivity contribution is 5.58. The molecule has 1 aliphatic rings. The molecule has 0 saturated carbocycles. The van der Waals surface area contributed by atoms with Gasteiger partial charge >= 0.3 is 0 Å². The second-order valence-electron chi connectivity index (χ2n) is 4.92. The lowest BCUT2D eigenvalue weighted by Gasteiger charge is -2.16. The molecule has 0 unspecified atom stereocenters. The van der Waals surface area contributed by atoms with E-state index in [2.05, 4.69) is 25.4 Å². The molecule has 0 radical (unpaired) electrons. The molecule has 3 rings (SSSR count). The van der Waals surface area contributed by atoms with E-state index >= 15 is 0 Å². The number of methoxy groups -OCH3 is 1. The summed E-state index contributed by atoms with van der Waals surface area (Å²) < 4.78 is 18.7. The first-order valence-corrected chi connectivity index (χ1v) is 7.00. The lowest BCUT2D eigenvalue weighted by Crippen LogP contribution is -2.28. The second kappa shape index (κ2) is 6.09. The quantitative estimate of drug-likeness (QED) is 0.895. The van der Waals surface area contributed by atoms with Gasteiger partial charge in [-0.2, -0.15) is 4.98 Å². The van der Waals surface area contributed by atoms with Gasteiger partial charge in [-0.05, 0) is 31.2 Å². The van der Waals surface area contributed by atoms with Gasteiger partial charge in [0.15, 0.2) is 17.4 Å². The van der Waals surface area contributed by atoms with Crippen LogP contribution in [0.4, 0.5) is 10.3 Å². The zero-order valence-electron chi connectivity index (χ0n) is 11.9. The number of H-pyrrole nitrogens is 1. The van der Waals surface area contributed by atoms with Crippen molar-refractivity contribution in [2.45, 2.75) is 6.42 Å². The highest BCUT2D eigenvalue weighted by atomic mass is 19.1. The van der Waals surface area contributed by atoms with E-state index in [1.165, 1.54) is 13.2 Å². The first-order valence-electron chi connectivity index (χ1n) is 7.00. The van der Waals surface area contributed by atoms with Gasteiger partial charge in [-0.25, -0.2) is 4.39 Å². The smallest absolute Gasteiger partial charge is 0.245 e. The minimum absolute atomic E-state index is 0.220. The Kier molecular flexibility index (Phi) is 4.01. The van der Waals surface area contributed by atoms with E-state index in [0.717, 1.165) is 32.6 Å². The minimum Gasteiger partial charge on any atom is -0.494 e. The Balaban J connectivity index is 1.82. The molecule has 2 heterocycles. The number of halogens is 1. The third-order valence-corrected chi connectivity index (χ3v) is 3.52. The molecule has 0 spiro atoms. The van der Waals surface area contributed by atoms with Gasteiger partial charge in [0.2, 0.25) is 5.95 Å². The largest absolute Gasteiger partial charge is 0.494 e. The van der Waals surface area contributed by atoms with Gasteiger partial charge in [0.25, 0.3) is 0 Å². The van der Waals surface area contributed by atoms with Gasteiger partial charge in [-0.1, -0.05) is 0 Å². The molecule has 7 heteroatoms. The van der Waals surface area contributed by atoms with Gasteiger partial charge in [0, 0.05) is 25.2 Å². The average molecular weight is 291 g/mol. The monoisotopic (exact) mass is 291 g/mol. The third-order valence-electron chi connectivity index (χ3n) is 3.52. The Labute approximate surface area is 122 Å². The second-order valence-corrected chi connectivity index (χ2v) is 4.92. The number of rotatable bonds is 3. The molecule has 1 aromatic carbocycles. The fraction of sp³-hybridized carbons (Fsp3) is 0.429. The van der Waals surface area contributed by atoms with E-state index in [1.54, 1.807) is 12.1 Å². The van der Waals surface area contributed by atoms with Gasteiger partial charge in [-0.3, -0.25) is 5.10 Å². The van der Waals surface area contributed by atoms with Crippen LogP contribution >= 0.6 is 0 Å². The maximum atomic E-state index is 13.7. The Bertz CT molecular complexity index is 607. The van der Waals surface area contributed by atoms with Gasteiger partial charge < -0.3 is 15.0 Å². The fourth-order valence-electron chi connectivity index (χ4n) is 2.38. The molecule has 21 heavy (non-hydrogen) atoms. The van der Waals surface area contributed by atoms with Crippen molar-refractivity contribution < 1.29 is 9.13 Å². The fourth-order valence-corrected chi connectivity index (χ4v) is 2.38. The highest BCUT2D eigenvalue weighted by Gasteiger charge is 2.15. The van der Waals surface area contributed by atoms with Gasteiger partial charge in [-0.15, -0.1) is 5.10 Å². The van der Waals surface area contributed by atoms with Crippen LogP contribution in [0, 0.1) is 5.82 Å². The van der Waals surface area contributed by atoms with Crippen molar-refractivity contribution in [1.29, 1.82) is 0 Å². The summed E-state index contributed by atoms with van der Waals surface area (Å²) in [6.07, 6.45) is 1.06. The molecule has 1 aromatic heterocycles. The van der Waals surface area contributed by atoms with Crippen molar-refractivity contribution >= 4 is 5.95 Å². The molecule has 1 fully saturated rings. The zero-order valence-corrected chi connectivity index (χ0v) is 11.9. The molecule has 2 aromatic rings. The standard InChI is InChI=1S/C14H18FN5O/c1-21-12-4-3-10(9-11(12)15)13-17-14(19-18-13)20-7-2-5-16-6-8-20/h3-4,9,16H,2,5-8H2,1H3,(H,17,18,19). The van der Waals surface area contributed by atoms with Crippen molar-refractivity contribution in [3.8, 4) is 17.1 Å². The van der Waals surface area contributed by atoms with Crippen LogP contribution in [-0.4, -0.2) is 48.5 Å².